The van der Waals surface area contributed by atoms with Crippen molar-refractivity contribution in [3.8, 4) is 0 Å². The zero-order valence-electron chi connectivity index (χ0n) is 12.9. The van der Waals surface area contributed by atoms with E-state index in [1.54, 1.807) is 12.1 Å². The Morgan fingerprint density at radius 3 is 2.44 bits per heavy atom. The Hall–Kier alpha value is -2.73. The largest absolute Gasteiger partial charge is 0.330 e. The van der Waals surface area contributed by atoms with Crippen LogP contribution in [0.2, 0.25) is 5.02 Å². The van der Waals surface area contributed by atoms with Crippen LogP contribution in [-0.4, -0.2) is 11.8 Å². The van der Waals surface area contributed by atoms with Gasteiger partial charge in [-0.1, -0.05) is 24.2 Å². The molecule has 2 aromatic rings. The molecule has 1 fully saturated rings. The van der Waals surface area contributed by atoms with E-state index in [4.69, 9.17) is 11.6 Å². The minimum atomic E-state index is -1.01. The highest BCUT2D eigenvalue weighted by Crippen LogP contribution is 2.33. The van der Waals surface area contributed by atoms with E-state index in [1.165, 1.54) is 18.2 Å². The minimum absolute atomic E-state index is 0.00436. The molecule has 128 valence electrons. The van der Waals surface area contributed by atoms with Crippen molar-refractivity contribution in [1.82, 2.24) is 10.6 Å². The van der Waals surface area contributed by atoms with E-state index in [0.29, 0.717) is 16.7 Å². The van der Waals surface area contributed by atoms with Gasteiger partial charge in [0.1, 0.15) is 11.6 Å². The lowest BCUT2D eigenvalue weighted by atomic mass is 9.83. The van der Waals surface area contributed by atoms with Crippen LogP contribution in [0.5, 0.6) is 0 Å². The lowest BCUT2D eigenvalue weighted by Crippen LogP contribution is -2.51. The number of Topliss-reactive ketones (excluding diaryl/α,β-unsaturated/α-hetero) is 1. The molecule has 0 aromatic heterocycles. The number of halogens is 3. The molecular formula is C18H13ClF2N2O2. The molecule has 7 heteroatoms. The summed E-state index contributed by atoms with van der Waals surface area (Å²) in [6.45, 7) is 3.72. The van der Waals surface area contributed by atoms with Gasteiger partial charge in [-0.25, -0.2) is 13.6 Å². The third kappa shape index (κ3) is 3.39. The van der Waals surface area contributed by atoms with E-state index in [0.717, 1.165) is 6.07 Å². The van der Waals surface area contributed by atoms with Crippen molar-refractivity contribution in [3.05, 3.63) is 82.5 Å². The van der Waals surface area contributed by atoms with E-state index in [-0.39, 0.29) is 17.0 Å². The van der Waals surface area contributed by atoms with Crippen molar-refractivity contribution in [1.29, 1.82) is 0 Å². The summed E-state index contributed by atoms with van der Waals surface area (Å²) in [5, 5.41) is 5.41. The summed E-state index contributed by atoms with van der Waals surface area (Å²) in [6.07, 6.45) is 0. The maximum absolute atomic E-state index is 14.2. The fraction of sp³-hybridized carbons (Fsp3) is 0.111. The van der Waals surface area contributed by atoms with Gasteiger partial charge in [0.25, 0.3) is 0 Å². The molecule has 0 bridgehead atoms. The van der Waals surface area contributed by atoms with Gasteiger partial charge in [-0.15, -0.1) is 0 Å². The third-order valence-corrected chi connectivity index (χ3v) is 4.23. The molecule has 2 atom stereocenters. The Balaban J connectivity index is 2.03. The van der Waals surface area contributed by atoms with Gasteiger partial charge in [-0.2, -0.15) is 0 Å². The predicted octanol–water partition coefficient (Wildman–Crippen LogP) is 3.98. The number of rotatable bonds is 3. The van der Waals surface area contributed by atoms with Gasteiger partial charge in [-0.3, -0.25) is 4.79 Å². The van der Waals surface area contributed by atoms with Crippen molar-refractivity contribution in [2.24, 2.45) is 5.92 Å². The highest BCUT2D eigenvalue weighted by Gasteiger charge is 2.39. The van der Waals surface area contributed by atoms with Crippen molar-refractivity contribution >= 4 is 23.4 Å². The number of amides is 2. The number of hydrogen-bond acceptors (Lipinski definition) is 2. The summed E-state index contributed by atoms with van der Waals surface area (Å²) >= 11 is 5.83. The molecular weight excluding hydrogens is 350 g/mol. The molecule has 2 amide bonds. The van der Waals surface area contributed by atoms with Crippen molar-refractivity contribution in [2.45, 2.75) is 6.04 Å². The van der Waals surface area contributed by atoms with Gasteiger partial charge in [0, 0.05) is 27.9 Å². The van der Waals surface area contributed by atoms with Gasteiger partial charge < -0.3 is 10.6 Å². The number of benzene rings is 2. The molecule has 0 radical (unpaired) electrons. The fourth-order valence-electron chi connectivity index (χ4n) is 2.80. The second-order valence-electron chi connectivity index (χ2n) is 5.62. The van der Waals surface area contributed by atoms with Crippen LogP contribution in [0, 0.1) is 17.6 Å². The number of ketones is 1. The Bertz CT molecular complexity index is 868. The van der Waals surface area contributed by atoms with Crippen molar-refractivity contribution in [2.75, 3.05) is 0 Å². The topological polar surface area (TPSA) is 58.2 Å². The van der Waals surface area contributed by atoms with Gasteiger partial charge in [0.15, 0.2) is 5.78 Å². The normalized spacial score (nSPS) is 20.0. The summed E-state index contributed by atoms with van der Waals surface area (Å²) in [7, 11) is 0. The third-order valence-electron chi connectivity index (χ3n) is 3.98. The molecule has 1 aliphatic heterocycles. The molecule has 4 nitrogen and oxygen atoms in total. The van der Waals surface area contributed by atoms with Crippen molar-refractivity contribution in [3.63, 3.8) is 0 Å². The molecule has 1 saturated heterocycles. The molecule has 0 unspecified atom stereocenters. The fourth-order valence-corrected chi connectivity index (χ4v) is 2.93. The monoisotopic (exact) mass is 362 g/mol. The van der Waals surface area contributed by atoms with Gasteiger partial charge in [0.05, 0.1) is 12.0 Å². The molecule has 0 saturated carbocycles. The molecule has 1 aliphatic rings. The lowest BCUT2D eigenvalue weighted by Gasteiger charge is -2.34. The predicted molar refractivity (Wildman–Crippen MR) is 89.2 cm³/mol. The van der Waals surface area contributed by atoms with Crippen LogP contribution in [0.4, 0.5) is 13.6 Å². The van der Waals surface area contributed by atoms with Gasteiger partial charge in [-0.05, 0) is 30.3 Å². The van der Waals surface area contributed by atoms with Crippen molar-refractivity contribution < 1.29 is 18.4 Å². The number of carbonyl (C=O) groups excluding carboxylic acids is 2. The Labute approximate surface area is 147 Å². The number of hydrogen-bond donors (Lipinski definition) is 2. The second-order valence-corrected chi connectivity index (χ2v) is 6.05. The summed E-state index contributed by atoms with van der Waals surface area (Å²) in [6, 6.07) is 7.54. The van der Waals surface area contributed by atoms with Crippen LogP contribution in [-0.2, 0) is 0 Å². The zero-order chi connectivity index (χ0) is 18.1. The van der Waals surface area contributed by atoms with Crippen LogP contribution in [0.1, 0.15) is 22.0 Å². The highest BCUT2D eigenvalue weighted by molar-refractivity contribution is 6.30. The van der Waals surface area contributed by atoms with Crippen LogP contribution >= 0.6 is 11.6 Å². The Morgan fingerprint density at radius 2 is 1.80 bits per heavy atom. The average Bonchev–Trinajstić information content (AvgIpc) is 2.54. The van der Waals surface area contributed by atoms with Crippen LogP contribution in [0.15, 0.2) is 54.7 Å². The standard InChI is InChI=1S/C18H13ClF2N2O2/c1-9-15(17(24)10-2-4-11(19)5-3-10)16(23-18(25)22-9)13-7-6-12(20)8-14(13)21/h2-8,15-16H,1H2,(H2,22,23,25)/t15-,16-/m0/s1. The SMILES string of the molecule is C=C1NC(=O)N[C@@H](c2ccc(F)cc2F)[C@H]1C(=O)c1ccc(Cl)cc1. The van der Waals surface area contributed by atoms with Crippen LogP contribution in [0.25, 0.3) is 0 Å². The summed E-state index contributed by atoms with van der Waals surface area (Å²) in [4.78, 5) is 24.7. The van der Waals surface area contributed by atoms with Crippen LogP contribution < -0.4 is 10.6 Å². The first kappa shape index (κ1) is 17.1. The summed E-state index contributed by atoms with van der Waals surface area (Å²) in [5.74, 6) is -2.93. The first-order chi connectivity index (χ1) is 11.9. The maximum atomic E-state index is 14.2. The molecule has 25 heavy (non-hydrogen) atoms. The van der Waals surface area contributed by atoms with E-state index >= 15 is 0 Å². The molecule has 2 aromatic carbocycles. The Morgan fingerprint density at radius 1 is 1.12 bits per heavy atom. The first-order valence-electron chi connectivity index (χ1n) is 7.38. The van der Waals surface area contributed by atoms with E-state index in [1.807, 2.05) is 0 Å². The lowest BCUT2D eigenvalue weighted by molar-refractivity contribution is 0.0904. The molecule has 3 rings (SSSR count). The highest BCUT2D eigenvalue weighted by atomic mass is 35.5. The molecule has 0 aliphatic carbocycles. The number of nitrogens with one attached hydrogen (secondary N) is 2. The average molecular weight is 363 g/mol. The molecule has 1 heterocycles. The van der Waals surface area contributed by atoms with Gasteiger partial charge >= 0.3 is 6.03 Å². The summed E-state index contributed by atoms with van der Waals surface area (Å²) < 4.78 is 27.4. The van der Waals surface area contributed by atoms with E-state index in [9.17, 15) is 18.4 Å². The Kier molecular flexibility index (Phi) is 4.55. The second kappa shape index (κ2) is 6.64. The van der Waals surface area contributed by atoms with Crippen LogP contribution in [0.3, 0.4) is 0 Å². The summed E-state index contributed by atoms with van der Waals surface area (Å²) in [5.41, 5.74) is 0.475. The number of carbonyl (C=O) groups is 2. The van der Waals surface area contributed by atoms with E-state index < -0.39 is 29.6 Å². The molecule has 2 N–H and O–H groups in total. The first-order valence-corrected chi connectivity index (χ1v) is 7.75. The minimum Gasteiger partial charge on any atom is -0.330 e. The number of urea groups is 1. The van der Waals surface area contributed by atoms with Gasteiger partial charge in [0.2, 0.25) is 0 Å². The molecule has 0 spiro atoms. The maximum Gasteiger partial charge on any atom is 0.319 e. The smallest absolute Gasteiger partial charge is 0.319 e. The van der Waals surface area contributed by atoms with E-state index in [2.05, 4.69) is 17.2 Å². The quantitative estimate of drug-likeness (QED) is 0.811. The zero-order valence-corrected chi connectivity index (χ0v) is 13.6.